The second-order valence-electron chi connectivity index (χ2n) is 8.20. The molecule has 6 nitrogen and oxygen atoms in total. The van der Waals surface area contributed by atoms with Gasteiger partial charge in [0.15, 0.2) is 11.6 Å². The van der Waals surface area contributed by atoms with Gasteiger partial charge in [0.2, 0.25) is 0 Å². The van der Waals surface area contributed by atoms with Gasteiger partial charge in [0.05, 0.1) is 5.82 Å². The minimum atomic E-state index is 0. The maximum atomic E-state index is 6.15. The quantitative estimate of drug-likeness (QED) is 0.194. The van der Waals surface area contributed by atoms with Crippen molar-refractivity contribution in [3.8, 4) is 51.3 Å². The van der Waals surface area contributed by atoms with Gasteiger partial charge in [-0.2, -0.15) is 6.07 Å². The van der Waals surface area contributed by atoms with Crippen molar-refractivity contribution >= 4 is 0 Å². The van der Waals surface area contributed by atoms with Crippen LogP contribution in [-0.4, -0.2) is 24.3 Å². The molecule has 2 aromatic heterocycles. The molecule has 2 heterocycles. The van der Waals surface area contributed by atoms with E-state index >= 15 is 0 Å². The summed E-state index contributed by atoms with van der Waals surface area (Å²) >= 11 is 0. The van der Waals surface area contributed by atoms with Crippen LogP contribution in [0.1, 0.15) is 0 Å². The number of benzene rings is 4. The minimum Gasteiger partial charge on any atom is -0.503 e. The summed E-state index contributed by atoms with van der Waals surface area (Å²) in [6, 6.07) is 38.1. The molecule has 0 N–H and O–H groups in total. The molecule has 0 spiro atoms. The third kappa shape index (κ3) is 5.15. The fraction of sp³-hybridized carbons (Fsp3) is 0.0333. The minimum absolute atomic E-state index is 0. The molecule has 0 aliphatic heterocycles. The second kappa shape index (κ2) is 10.8. The van der Waals surface area contributed by atoms with E-state index in [2.05, 4.69) is 17.1 Å². The van der Waals surface area contributed by atoms with E-state index in [9.17, 15) is 0 Å². The van der Waals surface area contributed by atoms with Crippen molar-refractivity contribution in [3.05, 3.63) is 122 Å². The Balaban J connectivity index is 0.00000280. The van der Waals surface area contributed by atoms with Crippen molar-refractivity contribution in [2.45, 2.75) is 0 Å². The smallest absolute Gasteiger partial charge is 0.503 e. The van der Waals surface area contributed by atoms with Crippen LogP contribution in [0.4, 0.5) is 0 Å². The van der Waals surface area contributed by atoms with E-state index in [0.717, 1.165) is 34.0 Å². The molecule has 6 aromatic rings. The number of aromatic nitrogens is 5. The molecular formula is C30H21N5OPt. The number of rotatable bonds is 6. The van der Waals surface area contributed by atoms with E-state index in [1.807, 2.05) is 115 Å². The summed E-state index contributed by atoms with van der Waals surface area (Å²) in [4.78, 5) is 9.27. The Morgan fingerprint density at radius 3 is 2.08 bits per heavy atom. The standard InChI is InChI=1S/C30H21N5O.Pt/c1-34-19-18-31-29(34)24-14-8-16-26(20-24)36-27-17-9-15-25(21-27)35-30(23-12-6-3-7-13-23)32-28(33-35)22-10-4-2-5-11-22;/h2-19H,1H3;/q-2;+2. The third-order valence-corrected chi connectivity index (χ3v) is 5.70. The average molecular weight is 663 g/mol. The topological polar surface area (TPSA) is 57.8 Å². The number of aryl methyl sites for hydroxylation is 1. The average Bonchev–Trinajstić information content (AvgIpc) is 3.57. The third-order valence-electron chi connectivity index (χ3n) is 5.70. The van der Waals surface area contributed by atoms with Gasteiger partial charge in [0, 0.05) is 42.1 Å². The Morgan fingerprint density at radius 2 is 1.38 bits per heavy atom. The summed E-state index contributed by atoms with van der Waals surface area (Å²) in [6.07, 6.45) is 3.67. The zero-order valence-corrected chi connectivity index (χ0v) is 22.1. The van der Waals surface area contributed by atoms with Gasteiger partial charge in [-0.1, -0.05) is 66.7 Å². The Kier molecular flexibility index (Phi) is 7.11. The summed E-state index contributed by atoms with van der Waals surface area (Å²) < 4.78 is 9.90. The zero-order chi connectivity index (χ0) is 24.3. The second-order valence-corrected chi connectivity index (χ2v) is 8.20. The van der Waals surface area contributed by atoms with Gasteiger partial charge in [0.1, 0.15) is 0 Å². The summed E-state index contributed by atoms with van der Waals surface area (Å²) in [5, 5.41) is 4.83. The van der Waals surface area contributed by atoms with Crippen LogP contribution in [0.25, 0.3) is 39.9 Å². The first-order chi connectivity index (χ1) is 17.7. The van der Waals surface area contributed by atoms with Gasteiger partial charge in [-0.25, -0.2) is 9.67 Å². The van der Waals surface area contributed by atoms with E-state index in [1.54, 1.807) is 10.9 Å². The normalized spacial score (nSPS) is 10.6. The van der Waals surface area contributed by atoms with Crippen LogP contribution in [-0.2, 0) is 28.1 Å². The fourth-order valence-corrected chi connectivity index (χ4v) is 3.96. The number of hydrogen-bond donors (Lipinski definition) is 0. The maximum Gasteiger partial charge on any atom is 2.00 e. The number of nitrogens with zero attached hydrogens (tertiary/aromatic N) is 5. The number of hydrogen-bond acceptors (Lipinski definition) is 4. The first kappa shape index (κ1) is 24.4. The predicted molar refractivity (Wildman–Crippen MR) is 139 cm³/mol. The van der Waals surface area contributed by atoms with Gasteiger partial charge >= 0.3 is 21.1 Å². The molecule has 0 saturated carbocycles. The van der Waals surface area contributed by atoms with E-state index in [-0.39, 0.29) is 21.1 Å². The SMILES string of the molecule is Cn1ccnc1-c1[c-]c(Oc2[c-]c(-n3nc(-c4ccccc4)nc3-c3ccccc3)ccc2)ccc1.[Pt+2]. The zero-order valence-electron chi connectivity index (χ0n) is 19.9. The predicted octanol–water partition coefficient (Wildman–Crippen LogP) is 6.39. The molecule has 0 aliphatic carbocycles. The molecule has 0 aliphatic rings. The largest absolute Gasteiger partial charge is 2.00 e. The Morgan fingerprint density at radius 1 is 0.703 bits per heavy atom. The molecule has 0 atom stereocenters. The van der Waals surface area contributed by atoms with Crippen molar-refractivity contribution in [3.63, 3.8) is 0 Å². The molecule has 0 fully saturated rings. The van der Waals surface area contributed by atoms with E-state index < -0.39 is 0 Å². The molecule has 0 bridgehead atoms. The van der Waals surface area contributed by atoms with Crippen LogP contribution in [0, 0.1) is 12.1 Å². The van der Waals surface area contributed by atoms with Crippen LogP contribution in [0.2, 0.25) is 0 Å². The molecule has 182 valence electrons. The molecule has 0 amide bonds. The van der Waals surface area contributed by atoms with Crippen LogP contribution in [0.15, 0.2) is 109 Å². The molecule has 7 heteroatoms. The molecule has 4 aromatic carbocycles. The van der Waals surface area contributed by atoms with Crippen molar-refractivity contribution < 1.29 is 25.8 Å². The first-order valence-corrected chi connectivity index (χ1v) is 11.5. The van der Waals surface area contributed by atoms with Crippen LogP contribution in [0.3, 0.4) is 0 Å². The molecule has 37 heavy (non-hydrogen) atoms. The van der Waals surface area contributed by atoms with Gasteiger partial charge < -0.3 is 9.30 Å². The number of ether oxygens (including phenoxy) is 1. The summed E-state index contributed by atoms with van der Waals surface area (Å²) in [5.74, 6) is 3.32. The summed E-state index contributed by atoms with van der Waals surface area (Å²) in [6.45, 7) is 0. The maximum absolute atomic E-state index is 6.15. The monoisotopic (exact) mass is 662 g/mol. The Bertz CT molecular complexity index is 1630. The van der Waals surface area contributed by atoms with Gasteiger partial charge in [-0.05, 0) is 5.69 Å². The van der Waals surface area contributed by atoms with Gasteiger partial charge in [-0.15, -0.1) is 47.1 Å². The van der Waals surface area contributed by atoms with Crippen molar-refractivity contribution in [2.75, 3.05) is 0 Å². The van der Waals surface area contributed by atoms with Crippen molar-refractivity contribution in [1.29, 1.82) is 0 Å². The van der Waals surface area contributed by atoms with Crippen LogP contribution in [0.5, 0.6) is 11.5 Å². The van der Waals surface area contributed by atoms with Gasteiger partial charge in [-0.3, -0.25) is 4.98 Å². The van der Waals surface area contributed by atoms with Gasteiger partial charge in [0.25, 0.3) is 0 Å². The summed E-state index contributed by atoms with van der Waals surface area (Å²) in [7, 11) is 1.95. The summed E-state index contributed by atoms with van der Waals surface area (Å²) in [5.41, 5.74) is 3.48. The molecule has 0 saturated heterocycles. The molecule has 0 radical (unpaired) electrons. The Hall–Kier alpha value is -4.28. The molecule has 0 unspecified atom stereocenters. The van der Waals surface area contributed by atoms with Crippen molar-refractivity contribution in [2.24, 2.45) is 7.05 Å². The Labute approximate surface area is 229 Å². The number of imidazole rings is 1. The van der Waals surface area contributed by atoms with Crippen LogP contribution >= 0.6 is 0 Å². The molecular weight excluding hydrogens is 641 g/mol. The van der Waals surface area contributed by atoms with E-state index in [4.69, 9.17) is 14.8 Å². The van der Waals surface area contributed by atoms with E-state index in [0.29, 0.717) is 17.3 Å². The van der Waals surface area contributed by atoms with Crippen molar-refractivity contribution in [1.82, 2.24) is 24.3 Å². The van der Waals surface area contributed by atoms with Crippen LogP contribution < -0.4 is 4.74 Å². The van der Waals surface area contributed by atoms with E-state index in [1.165, 1.54) is 0 Å². The fourth-order valence-electron chi connectivity index (χ4n) is 3.96. The molecule has 6 rings (SSSR count). The first-order valence-electron chi connectivity index (χ1n) is 11.5.